The number of benzene rings is 1. The third-order valence-corrected chi connectivity index (χ3v) is 4.15. The van der Waals surface area contributed by atoms with Crippen molar-refractivity contribution in [1.29, 1.82) is 0 Å². The van der Waals surface area contributed by atoms with Crippen LogP contribution in [0.4, 0.5) is 0 Å². The number of rotatable bonds is 7. The van der Waals surface area contributed by atoms with E-state index in [0.717, 1.165) is 5.56 Å². The predicted octanol–water partition coefficient (Wildman–Crippen LogP) is 2.95. The monoisotopic (exact) mass is 326 g/mol. The summed E-state index contributed by atoms with van der Waals surface area (Å²) in [5.74, 6) is 0.0387. The van der Waals surface area contributed by atoms with Gasteiger partial charge in [-0.2, -0.15) is 0 Å². The van der Waals surface area contributed by atoms with Crippen LogP contribution in [0.3, 0.4) is 0 Å². The van der Waals surface area contributed by atoms with Gasteiger partial charge in [-0.05, 0) is 45.4 Å². The van der Waals surface area contributed by atoms with E-state index in [0.29, 0.717) is 18.1 Å². The summed E-state index contributed by atoms with van der Waals surface area (Å²) in [5.41, 5.74) is 1.05. The fourth-order valence-electron chi connectivity index (χ4n) is 2.26. The largest absolute Gasteiger partial charge is 0.392 e. The molecule has 0 saturated carbocycles. The number of likely N-dealkylation sites (N-methyl/N-ethyl adjacent to an activating group) is 1. The minimum absolute atomic E-state index is 0.0228. The average molecular weight is 327 g/mol. The molecule has 22 heavy (non-hydrogen) atoms. The summed E-state index contributed by atoms with van der Waals surface area (Å²) in [6, 6.07) is 7.72. The van der Waals surface area contributed by atoms with Gasteiger partial charge in [0.25, 0.3) is 0 Å². The molecule has 1 aromatic carbocycles. The van der Waals surface area contributed by atoms with Crippen molar-refractivity contribution in [3.63, 3.8) is 0 Å². The van der Waals surface area contributed by atoms with Crippen LogP contribution in [-0.4, -0.2) is 53.1 Å². The molecule has 1 aromatic rings. The Morgan fingerprint density at radius 1 is 1.18 bits per heavy atom. The van der Waals surface area contributed by atoms with E-state index in [4.69, 9.17) is 11.6 Å². The molecule has 2 unspecified atom stereocenters. The number of hydrogen-bond acceptors (Lipinski definition) is 3. The fourth-order valence-corrected chi connectivity index (χ4v) is 2.39. The lowest BCUT2D eigenvalue weighted by Crippen LogP contribution is -2.44. The molecule has 1 rings (SSSR count). The van der Waals surface area contributed by atoms with Crippen molar-refractivity contribution < 1.29 is 9.90 Å². The van der Waals surface area contributed by atoms with Crippen LogP contribution in [0.1, 0.15) is 39.3 Å². The first-order valence-electron chi connectivity index (χ1n) is 7.65. The van der Waals surface area contributed by atoms with Crippen molar-refractivity contribution in [2.75, 3.05) is 20.1 Å². The number of carbonyl (C=O) groups is 1. The van der Waals surface area contributed by atoms with Crippen LogP contribution in [0.15, 0.2) is 24.3 Å². The van der Waals surface area contributed by atoms with Crippen molar-refractivity contribution in [2.24, 2.45) is 0 Å². The zero-order valence-corrected chi connectivity index (χ0v) is 14.8. The summed E-state index contributed by atoms with van der Waals surface area (Å²) >= 11 is 5.90. The maximum absolute atomic E-state index is 12.5. The molecule has 4 nitrogen and oxygen atoms in total. The molecule has 0 heterocycles. The van der Waals surface area contributed by atoms with Crippen molar-refractivity contribution >= 4 is 17.5 Å². The Kier molecular flexibility index (Phi) is 7.33. The number of amides is 1. The van der Waals surface area contributed by atoms with Crippen molar-refractivity contribution in [1.82, 2.24) is 9.80 Å². The molecular formula is C17H27ClN2O2. The van der Waals surface area contributed by atoms with Crippen LogP contribution in [-0.2, 0) is 4.79 Å². The summed E-state index contributed by atoms with van der Waals surface area (Å²) in [6.45, 7) is 8.58. The Hall–Kier alpha value is -1.10. The molecule has 0 radical (unpaired) electrons. The lowest BCUT2D eigenvalue weighted by atomic mass is 10.1. The molecule has 0 aliphatic carbocycles. The van der Waals surface area contributed by atoms with E-state index >= 15 is 0 Å². The normalized spacial score (nSPS) is 14.2. The minimum Gasteiger partial charge on any atom is -0.392 e. The van der Waals surface area contributed by atoms with Gasteiger partial charge in [0.05, 0.1) is 18.7 Å². The summed E-state index contributed by atoms with van der Waals surface area (Å²) < 4.78 is 0. The van der Waals surface area contributed by atoms with Crippen LogP contribution >= 0.6 is 11.6 Å². The first kappa shape index (κ1) is 18.9. The molecule has 5 heteroatoms. The molecule has 0 bridgehead atoms. The predicted molar refractivity (Wildman–Crippen MR) is 91.0 cm³/mol. The fraction of sp³-hybridized carbons (Fsp3) is 0.588. The highest BCUT2D eigenvalue weighted by molar-refractivity contribution is 6.30. The molecular weight excluding hydrogens is 300 g/mol. The highest BCUT2D eigenvalue weighted by Crippen LogP contribution is 2.21. The second-order valence-electron chi connectivity index (χ2n) is 6.10. The number of aliphatic hydroxyl groups excluding tert-OH is 1. The summed E-state index contributed by atoms with van der Waals surface area (Å²) in [6.07, 6.45) is -0.450. The van der Waals surface area contributed by atoms with Gasteiger partial charge in [-0.3, -0.25) is 9.69 Å². The Bertz CT molecular complexity index is 474. The molecule has 1 amide bonds. The maximum Gasteiger partial charge on any atom is 0.237 e. The summed E-state index contributed by atoms with van der Waals surface area (Å²) in [4.78, 5) is 16.2. The quantitative estimate of drug-likeness (QED) is 0.837. The van der Waals surface area contributed by atoms with E-state index in [1.54, 1.807) is 11.8 Å². The average Bonchev–Trinajstić information content (AvgIpc) is 2.45. The van der Waals surface area contributed by atoms with Crippen molar-refractivity contribution in [3.8, 4) is 0 Å². The summed E-state index contributed by atoms with van der Waals surface area (Å²) in [5, 5.41) is 10.2. The zero-order valence-electron chi connectivity index (χ0n) is 14.1. The number of carbonyl (C=O) groups excluding carboxylic acids is 1. The SMILES string of the molecule is CC(O)CN(CC(=O)N(C)C(C)c1ccc(Cl)cc1)C(C)C. The van der Waals surface area contributed by atoms with Crippen molar-refractivity contribution in [3.05, 3.63) is 34.9 Å². The van der Waals surface area contributed by atoms with Crippen LogP contribution in [0, 0.1) is 0 Å². The van der Waals surface area contributed by atoms with Crippen LogP contribution in [0.5, 0.6) is 0 Å². The number of nitrogens with zero attached hydrogens (tertiary/aromatic N) is 2. The Morgan fingerprint density at radius 3 is 2.18 bits per heavy atom. The standard InChI is InChI=1S/C17H27ClN2O2/c1-12(2)20(10-13(3)21)11-17(22)19(5)14(4)15-6-8-16(18)9-7-15/h6-9,12-14,21H,10-11H2,1-5H3. The minimum atomic E-state index is -0.450. The van der Waals surface area contributed by atoms with E-state index in [1.165, 1.54) is 0 Å². The molecule has 2 atom stereocenters. The number of aliphatic hydroxyl groups is 1. The lowest BCUT2D eigenvalue weighted by molar-refractivity contribution is -0.133. The molecule has 1 N–H and O–H groups in total. The van der Waals surface area contributed by atoms with Gasteiger partial charge in [0.15, 0.2) is 0 Å². The van der Waals surface area contributed by atoms with Gasteiger partial charge in [0.1, 0.15) is 0 Å². The Balaban J connectivity index is 2.72. The first-order chi connectivity index (χ1) is 10.2. The highest BCUT2D eigenvalue weighted by Gasteiger charge is 2.22. The van der Waals surface area contributed by atoms with Gasteiger partial charge < -0.3 is 10.0 Å². The Morgan fingerprint density at radius 2 is 1.73 bits per heavy atom. The van der Waals surface area contributed by atoms with Crippen molar-refractivity contribution in [2.45, 2.75) is 45.9 Å². The molecule has 0 saturated heterocycles. The van der Waals surface area contributed by atoms with E-state index < -0.39 is 6.10 Å². The smallest absolute Gasteiger partial charge is 0.237 e. The second-order valence-corrected chi connectivity index (χ2v) is 6.54. The van der Waals surface area contributed by atoms with Gasteiger partial charge in [-0.25, -0.2) is 0 Å². The first-order valence-corrected chi connectivity index (χ1v) is 8.03. The second kappa shape index (κ2) is 8.51. The molecule has 0 fully saturated rings. The van der Waals surface area contributed by atoms with Gasteiger partial charge >= 0.3 is 0 Å². The van der Waals surface area contributed by atoms with Crippen LogP contribution in [0.25, 0.3) is 0 Å². The highest BCUT2D eigenvalue weighted by atomic mass is 35.5. The van der Waals surface area contributed by atoms with E-state index in [9.17, 15) is 9.90 Å². The third-order valence-electron chi connectivity index (χ3n) is 3.89. The molecule has 0 aliphatic heterocycles. The number of hydrogen-bond donors (Lipinski definition) is 1. The Labute approximate surface area is 138 Å². The lowest BCUT2D eigenvalue weighted by Gasteiger charge is -2.31. The third kappa shape index (κ3) is 5.59. The molecule has 124 valence electrons. The van der Waals surface area contributed by atoms with E-state index in [-0.39, 0.29) is 18.0 Å². The van der Waals surface area contributed by atoms with Gasteiger partial charge in [-0.1, -0.05) is 23.7 Å². The van der Waals surface area contributed by atoms with Gasteiger partial charge in [0, 0.05) is 24.7 Å². The van der Waals surface area contributed by atoms with Crippen LogP contribution < -0.4 is 0 Å². The summed E-state index contributed by atoms with van der Waals surface area (Å²) in [7, 11) is 1.81. The maximum atomic E-state index is 12.5. The molecule has 0 spiro atoms. The molecule has 0 aromatic heterocycles. The zero-order chi connectivity index (χ0) is 16.9. The van der Waals surface area contributed by atoms with E-state index in [1.807, 2.05) is 57.0 Å². The van der Waals surface area contributed by atoms with Gasteiger partial charge in [0.2, 0.25) is 5.91 Å². The molecule has 0 aliphatic rings. The van der Waals surface area contributed by atoms with Gasteiger partial charge in [-0.15, -0.1) is 0 Å². The number of halogens is 1. The van der Waals surface area contributed by atoms with E-state index in [2.05, 4.69) is 0 Å². The van der Waals surface area contributed by atoms with Crippen LogP contribution in [0.2, 0.25) is 5.02 Å². The topological polar surface area (TPSA) is 43.8 Å².